The predicted molar refractivity (Wildman–Crippen MR) is 105 cm³/mol. The van der Waals surface area contributed by atoms with Crippen LogP contribution in [-0.2, 0) is 10.0 Å². The van der Waals surface area contributed by atoms with Crippen LogP contribution >= 0.6 is 0 Å². The number of pyridine rings is 1. The van der Waals surface area contributed by atoms with Crippen LogP contribution in [0.15, 0.2) is 65.7 Å². The zero-order chi connectivity index (χ0) is 18.7. The predicted octanol–water partition coefficient (Wildman–Crippen LogP) is 4.55. The Morgan fingerprint density at radius 3 is 2.15 bits per heavy atom. The number of aryl methyl sites for hydroxylation is 3. The van der Waals surface area contributed by atoms with Crippen molar-refractivity contribution in [1.29, 1.82) is 0 Å². The van der Waals surface area contributed by atoms with Crippen molar-refractivity contribution in [3.63, 3.8) is 0 Å². The Morgan fingerprint density at radius 1 is 0.808 bits per heavy atom. The normalized spacial score (nSPS) is 11.2. The van der Waals surface area contributed by atoms with Gasteiger partial charge in [-0.3, -0.25) is 4.72 Å². The molecule has 1 heterocycles. The lowest BCUT2D eigenvalue weighted by molar-refractivity contribution is 0.601. The maximum atomic E-state index is 12.4. The van der Waals surface area contributed by atoms with Crippen LogP contribution in [0.5, 0.6) is 0 Å². The number of sulfonamides is 1. The van der Waals surface area contributed by atoms with E-state index in [1.807, 2.05) is 39.0 Å². The number of benzene rings is 2. The second-order valence-corrected chi connectivity index (χ2v) is 8.04. The Kier molecular flexibility index (Phi) is 4.95. The molecule has 0 radical (unpaired) electrons. The first-order chi connectivity index (χ1) is 12.3. The van der Waals surface area contributed by atoms with Crippen molar-refractivity contribution in [3.05, 3.63) is 77.5 Å². The topological polar surface area (TPSA) is 71.1 Å². The third kappa shape index (κ3) is 4.40. The van der Waals surface area contributed by atoms with Crippen molar-refractivity contribution < 1.29 is 8.42 Å². The zero-order valence-corrected chi connectivity index (χ0v) is 15.8. The molecular weight excluding hydrogens is 346 g/mol. The van der Waals surface area contributed by atoms with Crippen LogP contribution in [0.25, 0.3) is 0 Å². The molecule has 0 fully saturated rings. The van der Waals surface area contributed by atoms with Gasteiger partial charge in [-0.1, -0.05) is 18.2 Å². The number of nitrogens with zero attached hydrogens (tertiary/aromatic N) is 1. The zero-order valence-electron chi connectivity index (χ0n) is 14.9. The maximum absolute atomic E-state index is 12.4. The molecule has 0 spiro atoms. The monoisotopic (exact) mass is 367 g/mol. The highest BCUT2D eigenvalue weighted by Gasteiger charge is 2.14. The molecule has 26 heavy (non-hydrogen) atoms. The van der Waals surface area contributed by atoms with E-state index in [4.69, 9.17) is 0 Å². The minimum Gasteiger partial charge on any atom is -0.354 e. The van der Waals surface area contributed by atoms with Crippen LogP contribution in [-0.4, -0.2) is 13.4 Å². The highest BCUT2D eigenvalue weighted by Crippen LogP contribution is 2.21. The van der Waals surface area contributed by atoms with E-state index >= 15 is 0 Å². The molecule has 2 N–H and O–H groups in total. The lowest BCUT2D eigenvalue weighted by Crippen LogP contribution is -2.14. The molecule has 0 amide bonds. The van der Waals surface area contributed by atoms with Gasteiger partial charge in [0.1, 0.15) is 5.82 Å². The number of hydrogen-bond donors (Lipinski definition) is 2. The lowest BCUT2D eigenvalue weighted by Gasteiger charge is -2.10. The fourth-order valence-electron chi connectivity index (χ4n) is 2.72. The molecule has 0 unspecified atom stereocenters. The molecular formula is C20H21N3O2S. The molecule has 0 aliphatic rings. The quantitative estimate of drug-likeness (QED) is 0.694. The Hall–Kier alpha value is -2.86. The summed E-state index contributed by atoms with van der Waals surface area (Å²) in [6, 6.07) is 16.4. The molecule has 0 atom stereocenters. The van der Waals surface area contributed by atoms with Crippen molar-refractivity contribution in [2.24, 2.45) is 0 Å². The van der Waals surface area contributed by atoms with Gasteiger partial charge < -0.3 is 5.32 Å². The van der Waals surface area contributed by atoms with Crippen LogP contribution in [0.2, 0.25) is 0 Å². The van der Waals surface area contributed by atoms with E-state index in [0.717, 1.165) is 16.9 Å². The van der Waals surface area contributed by atoms with Crippen molar-refractivity contribution in [2.75, 3.05) is 10.0 Å². The standard InChI is InChI=1S/C20H21N3O2S/c1-14-5-4-6-19(12-14)26(24,25)23-20-8-7-17(13-21-20)22-18-10-15(2)9-16(3)11-18/h4-13,22H,1-3H3,(H,21,23). The molecule has 5 nitrogen and oxygen atoms in total. The van der Waals surface area contributed by atoms with E-state index in [1.165, 1.54) is 11.1 Å². The van der Waals surface area contributed by atoms with Gasteiger partial charge in [0.2, 0.25) is 0 Å². The van der Waals surface area contributed by atoms with Gasteiger partial charge in [0, 0.05) is 5.69 Å². The van der Waals surface area contributed by atoms with E-state index in [2.05, 4.69) is 21.1 Å². The fraction of sp³-hybridized carbons (Fsp3) is 0.150. The van der Waals surface area contributed by atoms with Gasteiger partial charge in [0.15, 0.2) is 0 Å². The highest BCUT2D eigenvalue weighted by molar-refractivity contribution is 7.92. The average Bonchev–Trinajstić information content (AvgIpc) is 2.55. The SMILES string of the molecule is Cc1cc(C)cc(Nc2ccc(NS(=O)(=O)c3cccc(C)c3)nc2)c1. The molecule has 3 rings (SSSR count). The summed E-state index contributed by atoms with van der Waals surface area (Å²) in [7, 11) is -3.65. The van der Waals surface area contributed by atoms with Crippen LogP contribution in [0.4, 0.5) is 17.2 Å². The summed E-state index contributed by atoms with van der Waals surface area (Å²) in [5.74, 6) is 0.275. The summed E-state index contributed by atoms with van der Waals surface area (Å²) in [4.78, 5) is 4.42. The molecule has 0 bridgehead atoms. The van der Waals surface area contributed by atoms with Gasteiger partial charge >= 0.3 is 0 Å². The highest BCUT2D eigenvalue weighted by atomic mass is 32.2. The Morgan fingerprint density at radius 2 is 1.54 bits per heavy atom. The van der Waals surface area contributed by atoms with Gasteiger partial charge in [-0.2, -0.15) is 0 Å². The molecule has 0 aliphatic carbocycles. The van der Waals surface area contributed by atoms with Gasteiger partial charge in [-0.15, -0.1) is 0 Å². The summed E-state index contributed by atoms with van der Waals surface area (Å²) in [6.07, 6.45) is 1.60. The number of aromatic nitrogens is 1. The number of rotatable bonds is 5. The van der Waals surface area contributed by atoms with Crippen LogP contribution in [0.1, 0.15) is 16.7 Å². The first-order valence-corrected chi connectivity index (χ1v) is 9.71. The molecule has 0 aliphatic heterocycles. The molecule has 2 aromatic carbocycles. The Labute approximate surface area is 154 Å². The smallest absolute Gasteiger partial charge is 0.263 e. The summed E-state index contributed by atoms with van der Waals surface area (Å²) < 4.78 is 27.4. The van der Waals surface area contributed by atoms with Crippen molar-refractivity contribution in [3.8, 4) is 0 Å². The second-order valence-electron chi connectivity index (χ2n) is 6.36. The molecule has 0 saturated carbocycles. The van der Waals surface area contributed by atoms with Crippen molar-refractivity contribution in [1.82, 2.24) is 4.98 Å². The summed E-state index contributed by atoms with van der Waals surface area (Å²) >= 11 is 0. The number of anilines is 3. The van der Waals surface area contributed by atoms with Gasteiger partial charge in [0.05, 0.1) is 16.8 Å². The van der Waals surface area contributed by atoms with Gasteiger partial charge in [-0.25, -0.2) is 13.4 Å². The average molecular weight is 367 g/mol. The van der Waals surface area contributed by atoms with E-state index in [9.17, 15) is 8.42 Å². The minimum absolute atomic E-state index is 0.219. The molecule has 0 saturated heterocycles. The third-order valence-electron chi connectivity index (χ3n) is 3.81. The van der Waals surface area contributed by atoms with E-state index in [1.54, 1.807) is 36.5 Å². The molecule has 6 heteroatoms. The van der Waals surface area contributed by atoms with E-state index in [-0.39, 0.29) is 10.7 Å². The molecule has 3 aromatic rings. The van der Waals surface area contributed by atoms with Gasteiger partial charge in [-0.05, 0) is 73.9 Å². The third-order valence-corrected chi connectivity index (χ3v) is 5.17. The van der Waals surface area contributed by atoms with E-state index in [0.29, 0.717) is 0 Å². The van der Waals surface area contributed by atoms with Crippen LogP contribution < -0.4 is 10.0 Å². The minimum atomic E-state index is -3.65. The largest absolute Gasteiger partial charge is 0.354 e. The van der Waals surface area contributed by atoms with Crippen LogP contribution in [0, 0.1) is 20.8 Å². The maximum Gasteiger partial charge on any atom is 0.263 e. The number of nitrogens with one attached hydrogen (secondary N) is 2. The Bertz CT molecular complexity index is 1010. The molecule has 1 aromatic heterocycles. The summed E-state index contributed by atoms with van der Waals surface area (Å²) in [5, 5.41) is 3.28. The van der Waals surface area contributed by atoms with E-state index < -0.39 is 10.0 Å². The lowest BCUT2D eigenvalue weighted by atomic mass is 10.1. The van der Waals surface area contributed by atoms with Gasteiger partial charge in [0.25, 0.3) is 10.0 Å². The molecule has 134 valence electrons. The second kappa shape index (κ2) is 7.17. The summed E-state index contributed by atoms with van der Waals surface area (Å²) in [6.45, 7) is 5.93. The first kappa shape index (κ1) is 17.9. The number of hydrogen-bond acceptors (Lipinski definition) is 4. The van der Waals surface area contributed by atoms with Crippen molar-refractivity contribution >= 4 is 27.2 Å². The fourth-order valence-corrected chi connectivity index (χ4v) is 3.83. The van der Waals surface area contributed by atoms with Crippen molar-refractivity contribution in [2.45, 2.75) is 25.7 Å². The Balaban J connectivity index is 1.75. The first-order valence-electron chi connectivity index (χ1n) is 8.23. The summed E-state index contributed by atoms with van der Waals surface area (Å²) in [5.41, 5.74) is 4.98. The van der Waals surface area contributed by atoms with Crippen LogP contribution in [0.3, 0.4) is 0 Å².